The van der Waals surface area contributed by atoms with E-state index in [1.165, 1.54) is 46.0 Å². The van der Waals surface area contributed by atoms with E-state index in [2.05, 4.69) is 83.6 Å². The van der Waals surface area contributed by atoms with E-state index >= 15 is 0 Å². The van der Waals surface area contributed by atoms with Gasteiger partial charge in [-0.05, 0) is 74.9 Å². The molecular formula is C36H45N7O2. The van der Waals surface area contributed by atoms with Gasteiger partial charge in [0.2, 0.25) is 5.91 Å². The molecule has 0 saturated carbocycles. The summed E-state index contributed by atoms with van der Waals surface area (Å²) in [4.78, 5) is 34.1. The van der Waals surface area contributed by atoms with Gasteiger partial charge in [0, 0.05) is 76.2 Å². The molecule has 1 aromatic heterocycles. The minimum Gasteiger partial charge on any atom is -0.424 e. The van der Waals surface area contributed by atoms with E-state index in [1.54, 1.807) is 0 Å². The number of carbonyl (C=O) groups is 1. The van der Waals surface area contributed by atoms with Crippen molar-refractivity contribution >= 4 is 23.2 Å². The number of carbonyl (C=O) groups excluding carboxylic acids is 1. The first-order valence-corrected chi connectivity index (χ1v) is 16.5. The predicted molar refractivity (Wildman–Crippen MR) is 180 cm³/mol. The smallest absolute Gasteiger partial charge is 0.325 e. The number of hydrogen-bond donors (Lipinski definition) is 0. The van der Waals surface area contributed by atoms with Crippen molar-refractivity contribution in [3.05, 3.63) is 76.9 Å². The largest absolute Gasteiger partial charge is 0.424 e. The van der Waals surface area contributed by atoms with Crippen LogP contribution in [0.3, 0.4) is 0 Å². The van der Waals surface area contributed by atoms with E-state index in [-0.39, 0.29) is 11.9 Å². The first kappa shape index (κ1) is 29.6. The van der Waals surface area contributed by atoms with E-state index in [0.29, 0.717) is 32.2 Å². The molecule has 9 nitrogen and oxygen atoms in total. The van der Waals surface area contributed by atoms with Crippen LogP contribution in [0.4, 0.5) is 17.3 Å². The van der Waals surface area contributed by atoms with Crippen molar-refractivity contribution in [1.82, 2.24) is 19.8 Å². The molecule has 236 valence electrons. The molecule has 1 saturated heterocycles. The van der Waals surface area contributed by atoms with Gasteiger partial charge in [-0.25, -0.2) is 0 Å². The summed E-state index contributed by atoms with van der Waals surface area (Å²) in [6.07, 6.45) is 6.61. The van der Waals surface area contributed by atoms with Crippen molar-refractivity contribution < 1.29 is 9.53 Å². The molecule has 3 aromatic rings. The number of piperazine rings is 1. The molecule has 0 aliphatic carbocycles. The Morgan fingerprint density at radius 1 is 0.867 bits per heavy atom. The summed E-state index contributed by atoms with van der Waals surface area (Å²) in [5.74, 6) is 2.74. The molecule has 7 rings (SSSR count). The highest BCUT2D eigenvalue weighted by atomic mass is 16.5. The third-order valence-electron chi connectivity index (χ3n) is 10.1. The van der Waals surface area contributed by atoms with Crippen LogP contribution in [-0.4, -0.2) is 85.6 Å². The van der Waals surface area contributed by atoms with Crippen LogP contribution in [0.15, 0.2) is 49.1 Å². The minimum atomic E-state index is -0.0148. The van der Waals surface area contributed by atoms with Gasteiger partial charge in [0.1, 0.15) is 17.4 Å². The SMILES string of the molecule is C=CC(=O)N1CCN(c2nc(Oc3cccc4c3CCN(C)C4)nc3c2CCCN3C(C)c2cccc3c2N(C)CCC3)CC1. The second-order valence-electron chi connectivity index (χ2n) is 13.0. The number of aryl methyl sites for hydroxylation is 1. The standard InChI is InChI=1S/C36H45N7O2/c1-5-32(44)41-20-22-42(23-21-41)34-30-14-9-18-43(25(2)28-13-6-10-26-12-8-17-40(4)33(26)28)35(30)38-36(37-34)45-31-15-7-11-27-24-39(3)19-16-29(27)31/h5-7,10-11,13,15,25H,1,8-9,12,14,16-24H2,2-4H3. The number of amides is 1. The van der Waals surface area contributed by atoms with Crippen LogP contribution in [0.25, 0.3) is 0 Å². The normalized spacial score (nSPS) is 19.0. The first-order chi connectivity index (χ1) is 21.9. The quantitative estimate of drug-likeness (QED) is 0.364. The fraction of sp³-hybridized carbons (Fsp3) is 0.472. The molecule has 45 heavy (non-hydrogen) atoms. The zero-order chi connectivity index (χ0) is 31.1. The Hall–Kier alpha value is -4.11. The van der Waals surface area contributed by atoms with Gasteiger partial charge >= 0.3 is 6.01 Å². The van der Waals surface area contributed by atoms with Crippen LogP contribution in [0.5, 0.6) is 11.8 Å². The Kier molecular flexibility index (Phi) is 8.12. The molecule has 1 unspecified atom stereocenters. The van der Waals surface area contributed by atoms with E-state index in [9.17, 15) is 4.79 Å². The Bertz CT molecular complexity index is 1600. The maximum Gasteiger partial charge on any atom is 0.325 e. The van der Waals surface area contributed by atoms with Crippen LogP contribution in [-0.2, 0) is 30.6 Å². The molecular weight excluding hydrogens is 562 g/mol. The van der Waals surface area contributed by atoms with Crippen LogP contribution in [0.2, 0.25) is 0 Å². The number of rotatable bonds is 6. The number of benzene rings is 2. The van der Waals surface area contributed by atoms with Gasteiger partial charge in [-0.1, -0.05) is 36.9 Å². The lowest BCUT2D eigenvalue weighted by atomic mass is 9.93. The molecule has 0 spiro atoms. The van der Waals surface area contributed by atoms with Gasteiger partial charge in [0.25, 0.3) is 0 Å². The fourth-order valence-electron chi connectivity index (χ4n) is 7.70. The molecule has 0 radical (unpaired) electrons. The van der Waals surface area contributed by atoms with Crippen LogP contribution in [0.1, 0.15) is 53.6 Å². The summed E-state index contributed by atoms with van der Waals surface area (Å²) < 4.78 is 6.65. The molecule has 4 aliphatic heterocycles. The molecule has 4 aliphatic rings. The second-order valence-corrected chi connectivity index (χ2v) is 13.0. The van der Waals surface area contributed by atoms with Gasteiger partial charge in [0.05, 0.1) is 6.04 Å². The van der Waals surface area contributed by atoms with Gasteiger partial charge < -0.3 is 29.2 Å². The Morgan fingerprint density at radius 3 is 2.44 bits per heavy atom. The van der Waals surface area contributed by atoms with Crippen molar-refractivity contribution in [1.29, 1.82) is 0 Å². The summed E-state index contributed by atoms with van der Waals surface area (Å²) in [6.45, 7) is 12.6. The van der Waals surface area contributed by atoms with Gasteiger partial charge in [-0.2, -0.15) is 9.97 Å². The van der Waals surface area contributed by atoms with Gasteiger partial charge in [-0.3, -0.25) is 4.79 Å². The van der Waals surface area contributed by atoms with Gasteiger partial charge in [-0.15, -0.1) is 0 Å². The number of anilines is 3. The third kappa shape index (κ3) is 5.63. The first-order valence-electron chi connectivity index (χ1n) is 16.5. The minimum absolute atomic E-state index is 0.0148. The average Bonchev–Trinajstić information content (AvgIpc) is 3.07. The number of para-hydroxylation sites is 1. The number of fused-ring (bicyclic) bond motifs is 3. The predicted octanol–water partition coefficient (Wildman–Crippen LogP) is 4.99. The number of aromatic nitrogens is 2. The molecule has 0 bridgehead atoms. The topological polar surface area (TPSA) is 68.3 Å². The van der Waals surface area contributed by atoms with E-state index < -0.39 is 0 Å². The summed E-state index contributed by atoms with van der Waals surface area (Å²) >= 11 is 0. The lowest BCUT2D eigenvalue weighted by Gasteiger charge is -2.41. The molecule has 1 fully saturated rings. The Labute approximate surface area is 267 Å². The Morgan fingerprint density at radius 2 is 1.62 bits per heavy atom. The van der Waals surface area contributed by atoms with Gasteiger partial charge in [0.15, 0.2) is 0 Å². The summed E-state index contributed by atoms with van der Waals surface area (Å²) in [7, 11) is 4.38. The summed E-state index contributed by atoms with van der Waals surface area (Å²) in [5, 5.41) is 0. The molecule has 1 amide bonds. The van der Waals surface area contributed by atoms with Crippen molar-refractivity contribution in [3.8, 4) is 11.8 Å². The fourth-order valence-corrected chi connectivity index (χ4v) is 7.70. The average molecular weight is 608 g/mol. The monoisotopic (exact) mass is 607 g/mol. The van der Waals surface area contributed by atoms with Crippen LogP contribution < -0.4 is 19.4 Å². The number of likely N-dealkylation sites (N-methyl/N-ethyl adjacent to an activating group) is 1. The van der Waals surface area contributed by atoms with E-state index in [1.807, 2.05) is 4.90 Å². The second kappa shape index (κ2) is 12.4. The van der Waals surface area contributed by atoms with Crippen molar-refractivity contribution in [2.24, 2.45) is 0 Å². The molecule has 9 heteroatoms. The maximum atomic E-state index is 12.3. The third-order valence-corrected chi connectivity index (χ3v) is 10.1. The van der Waals surface area contributed by atoms with Crippen molar-refractivity contribution in [2.75, 3.05) is 74.6 Å². The highest BCUT2D eigenvalue weighted by molar-refractivity contribution is 5.87. The molecule has 5 heterocycles. The molecule has 1 atom stereocenters. The molecule has 0 N–H and O–H groups in total. The maximum absolute atomic E-state index is 12.3. The highest BCUT2D eigenvalue weighted by Gasteiger charge is 2.33. The van der Waals surface area contributed by atoms with Crippen molar-refractivity contribution in [2.45, 2.75) is 51.6 Å². The lowest BCUT2D eigenvalue weighted by Crippen LogP contribution is -2.49. The lowest BCUT2D eigenvalue weighted by molar-refractivity contribution is -0.126. The van der Waals surface area contributed by atoms with E-state index in [0.717, 1.165) is 69.2 Å². The Balaban J connectivity index is 1.28. The van der Waals surface area contributed by atoms with Crippen LogP contribution in [0, 0.1) is 0 Å². The molecule has 2 aromatic carbocycles. The van der Waals surface area contributed by atoms with E-state index in [4.69, 9.17) is 14.7 Å². The number of hydrogen-bond acceptors (Lipinski definition) is 8. The van der Waals surface area contributed by atoms with Crippen molar-refractivity contribution in [3.63, 3.8) is 0 Å². The summed E-state index contributed by atoms with van der Waals surface area (Å²) in [6, 6.07) is 13.7. The van der Waals surface area contributed by atoms with Crippen LogP contribution >= 0.6 is 0 Å². The highest BCUT2D eigenvalue weighted by Crippen LogP contribution is 2.42. The number of ether oxygens (including phenoxy) is 1. The zero-order valence-corrected chi connectivity index (χ0v) is 27.0. The summed E-state index contributed by atoms with van der Waals surface area (Å²) in [5.41, 5.74) is 7.89. The zero-order valence-electron chi connectivity index (χ0n) is 27.0. The number of nitrogens with zero attached hydrogens (tertiary/aromatic N) is 7.